The molecular formula is C20H23N5. The highest BCUT2D eigenvalue weighted by atomic mass is 15.1. The predicted octanol–water partition coefficient (Wildman–Crippen LogP) is 4.78. The molecule has 0 aliphatic heterocycles. The van der Waals surface area contributed by atoms with Crippen molar-refractivity contribution in [2.45, 2.75) is 27.7 Å². The van der Waals surface area contributed by atoms with Gasteiger partial charge in [0.25, 0.3) is 0 Å². The van der Waals surface area contributed by atoms with E-state index in [1.54, 1.807) is 0 Å². The standard InChI is InChI=1S/C20H23N5/c1-12-5-7-16(9-14(12)3)24-19-18(21)20(23-11-22-19)25-17-8-6-13(2)15(4)10-17/h5-11H,21H2,1-4H3,(H2,22,23,24,25). The van der Waals surface area contributed by atoms with Crippen LogP contribution in [0.25, 0.3) is 0 Å². The van der Waals surface area contributed by atoms with Crippen LogP contribution in [0.4, 0.5) is 28.7 Å². The van der Waals surface area contributed by atoms with Crippen LogP contribution in [0.1, 0.15) is 22.3 Å². The average molecular weight is 333 g/mol. The fourth-order valence-electron chi connectivity index (χ4n) is 2.51. The molecule has 2 aromatic carbocycles. The van der Waals surface area contributed by atoms with Gasteiger partial charge in [0, 0.05) is 11.4 Å². The van der Waals surface area contributed by atoms with Crippen molar-refractivity contribution >= 4 is 28.7 Å². The van der Waals surface area contributed by atoms with E-state index in [1.165, 1.54) is 28.6 Å². The molecule has 0 aliphatic rings. The Balaban J connectivity index is 1.86. The molecule has 1 heterocycles. The number of hydrogen-bond donors (Lipinski definition) is 3. The third-order valence-corrected chi connectivity index (χ3v) is 4.42. The van der Waals surface area contributed by atoms with Gasteiger partial charge < -0.3 is 16.4 Å². The summed E-state index contributed by atoms with van der Waals surface area (Å²) in [5, 5.41) is 6.54. The maximum atomic E-state index is 6.26. The number of rotatable bonds is 4. The molecule has 0 unspecified atom stereocenters. The molecule has 4 N–H and O–H groups in total. The molecule has 128 valence electrons. The van der Waals surface area contributed by atoms with Crippen LogP contribution in [0, 0.1) is 27.7 Å². The van der Waals surface area contributed by atoms with Crippen molar-refractivity contribution in [1.29, 1.82) is 0 Å². The number of nitrogens with two attached hydrogens (primary N) is 1. The second kappa shape index (κ2) is 6.81. The number of anilines is 5. The van der Waals surface area contributed by atoms with E-state index in [4.69, 9.17) is 5.73 Å². The van der Waals surface area contributed by atoms with Crippen molar-refractivity contribution in [3.63, 3.8) is 0 Å². The van der Waals surface area contributed by atoms with Crippen LogP contribution in [0.2, 0.25) is 0 Å². The minimum atomic E-state index is 0.485. The van der Waals surface area contributed by atoms with Gasteiger partial charge in [-0.05, 0) is 74.2 Å². The molecule has 0 radical (unpaired) electrons. The molecule has 25 heavy (non-hydrogen) atoms. The second-order valence-corrected chi connectivity index (χ2v) is 6.33. The van der Waals surface area contributed by atoms with Gasteiger partial charge in [0.2, 0.25) is 0 Å². The summed E-state index contributed by atoms with van der Waals surface area (Å²) < 4.78 is 0. The summed E-state index contributed by atoms with van der Waals surface area (Å²) in [5.41, 5.74) is 13.6. The largest absolute Gasteiger partial charge is 0.393 e. The lowest BCUT2D eigenvalue weighted by molar-refractivity contribution is 1.17. The molecule has 0 saturated carbocycles. The molecule has 0 fully saturated rings. The molecule has 5 heteroatoms. The first-order valence-corrected chi connectivity index (χ1v) is 8.23. The molecule has 3 aromatic rings. The highest BCUT2D eigenvalue weighted by molar-refractivity contribution is 5.80. The molecule has 0 saturated heterocycles. The molecule has 3 rings (SSSR count). The van der Waals surface area contributed by atoms with Gasteiger partial charge in [-0.25, -0.2) is 9.97 Å². The maximum absolute atomic E-state index is 6.26. The number of hydrogen-bond acceptors (Lipinski definition) is 5. The summed E-state index contributed by atoms with van der Waals surface area (Å²) in [7, 11) is 0. The Bertz CT molecular complexity index is 846. The van der Waals surface area contributed by atoms with Crippen molar-refractivity contribution in [3.8, 4) is 0 Å². The van der Waals surface area contributed by atoms with E-state index in [9.17, 15) is 0 Å². The number of benzene rings is 2. The van der Waals surface area contributed by atoms with Gasteiger partial charge in [0.05, 0.1) is 0 Å². The first-order chi connectivity index (χ1) is 11.9. The Hall–Kier alpha value is -3.08. The molecule has 0 spiro atoms. The van der Waals surface area contributed by atoms with Crippen molar-refractivity contribution in [2.75, 3.05) is 16.4 Å². The monoisotopic (exact) mass is 333 g/mol. The van der Waals surface area contributed by atoms with Crippen LogP contribution in [0.15, 0.2) is 42.7 Å². The van der Waals surface area contributed by atoms with Gasteiger partial charge in [0.15, 0.2) is 11.6 Å². The third-order valence-electron chi connectivity index (χ3n) is 4.42. The van der Waals surface area contributed by atoms with Crippen LogP contribution in [0.3, 0.4) is 0 Å². The number of aryl methyl sites for hydroxylation is 4. The first kappa shape index (κ1) is 16.8. The zero-order valence-electron chi connectivity index (χ0n) is 15.0. The van der Waals surface area contributed by atoms with Crippen LogP contribution in [-0.4, -0.2) is 9.97 Å². The molecule has 5 nitrogen and oxygen atoms in total. The Kier molecular flexibility index (Phi) is 4.57. The minimum absolute atomic E-state index is 0.485. The number of nitrogens with one attached hydrogen (secondary N) is 2. The lowest BCUT2D eigenvalue weighted by atomic mass is 10.1. The zero-order valence-corrected chi connectivity index (χ0v) is 15.0. The minimum Gasteiger partial charge on any atom is -0.393 e. The molecule has 0 aliphatic carbocycles. The van der Waals surface area contributed by atoms with Gasteiger partial charge in [-0.15, -0.1) is 0 Å². The van der Waals surface area contributed by atoms with E-state index in [1.807, 2.05) is 12.1 Å². The Morgan fingerprint density at radius 1 is 0.680 bits per heavy atom. The van der Waals surface area contributed by atoms with E-state index in [0.717, 1.165) is 11.4 Å². The summed E-state index contributed by atoms with van der Waals surface area (Å²) in [6.07, 6.45) is 1.50. The molecule has 1 aromatic heterocycles. The lowest BCUT2D eigenvalue weighted by Crippen LogP contribution is -2.05. The quantitative estimate of drug-likeness (QED) is 0.640. The summed E-state index contributed by atoms with van der Waals surface area (Å²) >= 11 is 0. The summed E-state index contributed by atoms with van der Waals surface area (Å²) in [6.45, 7) is 8.33. The summed E-state index contributed by atoms with van der Waals surface area (Å²) in [6, 6.07) is 12.3. The van der Waals surface area contributed by atoms with Crippen LogP contribution >= 0.6 is 0 Å². The smallest absolute Gasteiger partial charge is 0.159 e. The van der Waals surface area contributed by atoms with Gasteiger partial charge in [-0.1, -0.05) is 12.1 Å². The number of nitrogens with zero attached hydrogens (tertiary/aromatic N) is 2. The van der Waals surface area contributed by atoms with Gasteiger partial charge in [-0.3, -0.25) is 0 Å². The molecule has 0 amide bonds. The molecule has 0 atom stereocenters. The fourth-order valence-corrected chi connectivity index (χ4v) is 2.51. The first-order valence-electron chi connectivity index (χ1n) is 8.23. The average Bonchev–Trinajstić information content (AvgIpc) is 2.58. The van der Waals surface area contributed by atoms with Crippen molar-refractivity contribution in [2.24, 2.45) is 0 Å². The van der Waals surface area contributed by atoms with E-state index < -0.39 is 0 Å². The van der Waals surface area contributed by atoms with Gasteiger partial charge in [0.1, 0.15) is 12.0 Å². The highest BCUT2D eigenvalue weighted by Crippen LogP contribution is 2.29. The van der Waals surface area contributed by atoms with Crippen molar-refractivity contribution in [1.82, 2.24) is 9.97 Å². The summed E-state index contributed by atoms with van der Waals surface area (Å²) in [5.74, 6) is 1.18. The normalized spacial score (nSPS) is 10.6. The van der Waals surface area contributed by atoms with E-state index >= 15 is 0 Å². The van der Waals surface area contributed by atoms with E-state index in [0.29, 0.717) is 17.3 Å². The Labute approximate surface area is 148 Å². The highest BCUT2D eigenvalue weighted by Gasteiger charge is 2.09. The SMILES string of the molecule is Cc1ccc(Nc2ncnc(Nc3ccc(C)c(C)c3)c2N)cc1C. The third kappa shape index (κ3) is 3.71. The Morgan fingerprint density at radius 3 is 1.52 bits per heavy atom. The zero-order chi connectivity index (χ0) is 18.0. The van der Waals surface area contributed by atoms with E-state index in [-0.39, 0.29) is 0 Å². The number of aromatic nitrogens is 2. The molecule has 0 bridgehead atoms. The van der Waals surface area contributed by atoms with Crippen LogP contribution in [-0.2, 0) is 0 Å². The second-order valence-electron chi connectivity index (χ2n) is 6.33. The van der Waals surface area contributed by atoms with Gasteiger partial charge >= 0.3 is 0 Å². The van der Waals surface area contributed by atoms with Crippen molar-refractivity contribution in [3.05, 3.63) is 65.0 Å². The maximum Gasteiger partial charge on any atom is 0.159 e. The van der Waals surface area contributed by atoms with Gasteiger partial charge in [-0.2, -0.15) is 0 Å². The summed E-state index contributed by atoms with van der Waals surface area (Å²) in [4.78, 5) is 8.54. The number of nitrogen functional groups attached to an aromatic ring is 1. The van der Waals surface area contributed by atoms with Crippen molar-refractivity contribution < 1.29 is 0 Å². The lowest BCUT2D eigenvalue weighted by Gasteiger charge is -2.14. The Morgan fingerprint density at radius 2 is 1.12 bits per heavy atom. The fraction of sp³-hybridized carbons (Fsp3) is 0.200. The van der Waals surface area contributed by atoms with E-state index in [2.05, 4.69) is 72.6 Å². The topological polar surface area (TPSA) is 75.9 Å². The van der Waals surface area contributed by atoms with Crippen LogP contribution < -0.4 is 16.4 Å². The predicted molar refractivity (Wildman–Crippen MR) is 105 cm³/mol. The van der Waals surface area contributed by atoms with Crippen LogP contribution in [0.5, 0.6) is 0 Å². The molecular weight excluding hydrogens is 310 g/mol.